The van der Waals surface area contributed by atoms with Gasteiger partial charge >= 0.3 is 0 Å². The van der Waals surface area contributed by atoms with E-state index in [1.807, 2.05) is 4.90 Å². The maximum Gasteiger partial charge on any atom is 0.260 e. The summed E-state index contributed by atoms with van der Waals surface area (Å²) in [6.45, 7) is 6.32. The van der Waals surface area contributed by atoms with E-state index < -0.39 is 14.8 Å². The van der Waals surface area contributed by atoms with E-state index in [-0.39, 0.29) is 11.9 Å². The molecule has 160 valence electrons. The average molecular weight is 426 g/mol. The van der Waals surface area contributed by atoms with Gasteiger partial charge < -0.3 is 14.4 Å². The van der Waals surface area contributed by atoms with E-state index in [0.29, 0.717) is 43.3 Å². The Morgan fingerprint density at radius 1 is 1.24 bits per heavy atom. The van der Waals surface area contributed by atoms with Crippen LogP contribution in [0.25, 0.3) is 0 Å². The maximum absolute atomic E-state index is 14.7. The molecule has 2 heterocycles. The van der Waals surface area contributed by atoms with Gasteiger partial charge in [0.25, 0.3) is 10.0 Å². The molecule has 29 heavy (non-hydrogen) atoms. The summed E-state index contributed by atoms with van der Waals surface area (Å²) in [4.78, 5) is 1.91. The fourth-order valence-corrected chi connectivity index (χ4v) is 4.52. The number of hydrogen-bond donors (Lipinski definition) is 0. The minimum Gasteiger partial charge on any atom is -0.491 e. The van der Waals surface area contributed by atoms with Gasteiger partial charge in [0.15, 0.2) is 0 Å². The van der Waals surface area contributed by atoms with Gasteiger partial charge in [-0.2, -0.15) is 5.10 Å². The molecule has 0 bridgehead atoms. The van der Waals surface area contributed by atoms with Gasteiger partial charge in [0, 0.05) is 25.3 Å². The summed E-state index contributed by atoms with van der Waals surface area (Å²) in [5, 5.41) is 4.07. The number of hydrogen-bond acceptors (Lipinski definition) is 6. The second-order valence-electron chi connectivity index (χ2n) is 8.03. The lowest BCUT2D eigenvalue weighted by molar-refractivity contribution is 0.146. The highest BCUT2D eigenvalue weighted by Gasteiger charge is 2.37. The molecule has 0 spiro atoms. The van der Waals surface area contributed by atoms with Crippen LogP contribution in [0.1, 0.15) is 45.2 Å². The lowest BCUT2D eigenvalue weighted by Crippen LogP contribution is -2.37. The molecular formula is C20H28FN3O4S. The van der Waals surface area contributed by atoms with E-state index >= 15 is 0 Å². The Morgan fingerprint density at radius 3 is 2.69 bits per heavy atom. The van der Waals surface area contributed by atoms with Crippen molar-refractivity contribution in [1.82, 2.24) is 9.19 Å². The number of nitrogens with zero attached hydrogens (tertiary/aromatic N) is 3. The van der Waals surface area contributed by atoms with Gasteiger partial charge in [-0.15, -0.1) is 4.09 Å². The lowest BCUT2D eigenvalue weighted by Gasteiger charge is -2.29. The van der Waals surface area contributed by atoms with Gasteiger partial charge in [-0.25, -0.2) is 12.8 Å². The van der Waals surface area contributed by atoms with E-state index in [9.17, 15) is 12.8 Å². The Labute approximate surface area is 171 Å². The maximum atomic E-state index is 14.7. The van der Waals surface area contributed by atoms with Crippen molar-refractivity contribution < 1.29 is 22.3 Å². The zero-order chi connectivity index (χ0) is 21.2. The van der Waals surface area contributed by atoms with Crippen molar-refractivity contribution in [2.24, 2.45) is 0 Å². The summed E-state index contributed by atoms with van der Waals surface area (Å²) >= 11 is 0. The quantitative estimate of drug-likeness (QED) is 0.634. The van der Waals surface area contributed by atoms with Crippen molar-refractivity contribution in [3.05, 3.63) is 41.8 Å². The molecule has 1 atom stereocenters. The van der Waals surface area contributed by atoms with Crippen molar-refractivity contribution in [1.29, 1.82) is 0 Å². The smallest absolute Gasteiger partial charge is 0.260 e. The molecule has 0 N–H and O–H groups in total. The van der Waals surface area contributed by atoms with Gasteiger partial charge in [0.2, 0.25) is 0 Å². The number of benzene rings is 1. The minimum absolute atomic E-state index is 0.299. The second-order valence-corrected chi connectivity index (χ2v) is 10.5. The molecule has 1 saturated heterocycles. The lowest BCUT2D eigenvalue weighted by atomic mass is 10.0. The Hall–Kier alpha value is -2.13. The first-order chi connectivity index (χ1) is 13.7. The molecule has 2 aromatic rings. The van der Waals surface area contributed by atoms with E-state index in [1.54, 1.807) is 46.1 Å². The topological polar surface area (TPSA) is 73.7 Å². The molecule has 9 heteroatoms. The second kappa shape index (κ2) is 8.31. The molecule has 0 saturated carbocycles. The van der Waals surface area contributed by atoms with Crippen molar-refractivity contribution in [2.75, 3.05) is 31.8 Å². The molecule has 1 aromatic carbocycles. The van der Waals surface area contributed by atoms with Crippen LogP contribution < -0.4 is 9.64 Å². The molecule has 1 aliphatic rings. The zero-order valence-corrected chi connectivity index (χ0v) is 18.1. The fraction of sp³-hybridized carbons (Fsp3) is 0.550. The van der Waals surface area contributed by atoms with Crippen molar-refractivity contribution in [3.8, 4) is 5.75 Å². The van der Waals surface area contributed by atoms with Gasteiger partial charge in [-0.1, -0.05) is 0 Å². The third kappa shape index (κ3) is 4.25. The Morgan fingerprint density at radius 2 is 2.00 bits per heavy atom. The molecule has 1 fully saturated rings. The number of anilines is 1. The van der Waals surface area contributed by atoms with E-state index in [0.717, 1.165) is 10.5 Å². The van der Waals surface area contributed by atoms with E-state index in [2.05, 4.69) is 5.10 Å². The van der Waals surface area contributed by atoms with Gasteiger partial charge in [-0.3, -0.25) is 0 Å². The summed E-state index contributed by atoms with van der Waals surface area (Å²) in [5.41, 5.74) is 0.485. The highest BCUT2D eigenvalue weighted by molar-refractivity contribution is 7.91. The number of ether oxygens (including phenoxy) is 2. The normalized spacial score (nSPS) is 17.7. The molecule has 0 amide bonds. The van der Waals surface area contributed by atoms with Crippen LogP contribution in [0.15, 0.2) is 30.5 Å². The Bertz CT molecular complexity index is 953. The summed E-state index contributed by atoms with van der Waals surface area (Å²) < 4.78 is 51.3. The molecular weight excluding hydrogens is 397 g/mol. The summed E-state index contributed by atoms with van der Waals surface area (Å²) in [7, 11) is -2.12. The predicted octanol–water partition coefficient (Wildman–Crippen LogP) is 3.37. The fourth-order valence-electron chi connectivity index (χ4n) is 3.41. The van der Waals surface area contributed by atoms with Crippen molar-refractivity contribution in [3.63, 3.8) is 0 Å². The van der Waals surface area contributed by atoms with Gasteiger partial charge in [0.05, 0.1) is 23.6 Å². The van der Waals surface area contributed by atoms with Gasteiger partial charge in [0.1, 0.15) is 24.0 Å². The molecule has 0 aliphatic carbocycles. The highest BCUT2D eigenvalue weighted by Crippen LogP contribution is 2.39. The first-order valence-electron chi connectivity index (χ1n) is 9.64. The number of methoxy groups -OCH3 is 1. The third-order valence-electron chi connectivity index (χ3n) is 5.02. The highest BCUT2D eigenvalue weighted by atomic mass is 32.2. The first kappa shape index (κ1) is 21.6. The molecule has 7 nitrogen and oxygen atoms in total. The van der Waals surface area contributed by atoms with E-state index in [1.165, 1.54) is 12.3 Å². The molecule has 0 radical (unpaired) electrons. The Balaban J connectivity index is 1.95. The minimum atomic E-state index is -3.71. The van der Waals surface area contributed by atoms with Crippen molar-refractivity contribution >= 4 is 15.8 Å². The first-order valence-corrected chi connectivity index (χ1v) is 11.1. The van der Waals surface area contributed by atoms with Crippen LogP contribution in [0.2, 0.25) is 0 Å². The SMILES string of the molecule is COCCOc1ccc(F)c([C@H]2CCCN2c2ccnn2S(=O)(=O)C(C)(C)C)c1. The number of rotatable bonds is 7. The summed E-state index contributed by atoms with van der Waals surface area (Å²) in [5.74, 6) is 0.666. The van der Waals surface area contributed by atoms with Crippen LogP contribution in [-0.2, 0) is 14.8 Å². The molecule has 1 aromatic heterocycles. The monoisotopic (exact) mass is 425 g/mol. The largest absolute Gasteiger partial charge is 0.491 e. The summed E-state index contributed by atoms with van der Waals surface area (Å²) in [6.07, 6.45) is 2.99. The van der Waals surface area contributed by atoms with Crippen LogP contribution in [0.5, 0.6) is 5.75 Å². The van der Waals surface area contributed by atoms with Crippen molar-refractivity contribution in [2.45, 2.75) is 44.4 Å². The standard InChI is InChI=1S/C20H28FN3O4S/c1-20(2,3)29(25,26)24-19(9-10-22-24)23-11-5-6-18(23)16-14-15(7-8-17(16)21)28-13-12-27-4/h7-10,14,18H,5-6,11-13H2,1-4H3/t18-/m1/s1. The van der Waals surface area contributed by atoms with Gasteiger partial charge in [-0.05, 0) is 51.8 Å². The number of halogens is 1. The van der Waals surface area contributed by atoms with E-state index in [4.69, 9.17) is 9.47 Å². The van der Waals surface area contributed by atoms with Crippen LogP contribution in [-0.4, -0.2) is 49.2 Å². The number of aromatic nitrogens is 2. The molecule has 3 rings (SSSR count). The molecule has 0 unspecified atom stereocenters. The van der Waals surface area contributed by atoms with Crippen LogP contribution in [0, 0.1) is 5.82 Å². The Kier molecular flexibility index (Phi) is 6.19. The third-order valence-corrected chi connectivity index (χ3v) is 7.31. The predicted molar refractivity (Wildman–Crippen MR) is 109 cm³/mol. The van der Waals surface area contributed by atoms with Crippen LogP contribution in [0.3, 0.4) is 0 Å². The zero-order valence-electron chi connectivity index (χ0n) is 17.3. The van der Waals surface area contributed by atoms with Crippen LogP contribution in [0.4, 0.5) is 10.2 Å². The average Bonchev–Trinajstić information content (AvgIpc) is 3.31. The molecule has 1 aliphatic heterocycles. The summed E-state index contributed by atoms with van der Waals surface area (Å²) in [6, 6.07) is 6.02. The van der Waals surface area contributed by atoms with Crippen LogP contribution >= 0.6 is 0 Å².